The molecule has 5 nitrogen and oxygen atoms in total. The number of rotatable bonds is 4. The number of ether oxygens (including phenoxy) is 1. The SMILES string of the molecule is O=S1(=O)CC[C@@H](N(C[C@H]2CCCO2)C(=S)Nc2ccccc2F)C1. The Labute approximate surface area is 147 Å². The first-order valence-corrected chi connectivity index (χ1v) is 10.3. The van der Waals surface area contributed by atoms with Crippen molar-refractivity contribution >= 4 is 32.9 Å². The van der Waals surface area contributed by atoms with Gasteiger partial charge in [-0.05, 0) is 43.6 Å². The molecule has 2 aliphatic heterocycles. The van der Waals surface area contributed by atoms with E-state index in [0.717, 1.165) is 19.4 Å². The van der Waals surface area contributed by atoms with Gasteiger partial charge in [0.05, 0.1) is 23.3 Å². The first-order valence-electron chi connectivity index (χ1n) is 8.09. The molecular weight excluding hydrogens is 351 g/mol. The van der Waals surface area contributed by atoms with Gasteiger partial charge in [-0.2, -0.15) is 0 Å². The average Bonchev–Trinajstić information content (AvgIpc) is 3.16. The van der Waals surface area contributed by atoms with Crippen molar-refractivity contribution in [3.05, 3.63) is 30.1 Å². The number of nitrogens with zero attached hydrogens (tertiary/aromatic N) is 1. The number of para-hydroxylation sites is 1. The zero-order valence-corrected chi connectivity index (χ0v) is 14.9. The summed E-state index contributed by atoms with van der Waals surface area (Å²) in [5, 5.41) is 3.27. The Kier molecular flexibility index (Phi) is 5.36. The number of anilines is 1. The molecule has 2 aliphatic rings. The molecule has 0 aromatic heterocycles. The Bertz CT molecular complexity index is 705. The van der Waals surface area contributed by atoms with Gasteiger partial charge in [-0.15, -0.1) is 0 Å². The van der Waals surface area contributed by atoms with Gasteiger partial charge in [-0.1, -0.05) is 12.1 Å². The molecule has 2 fully saturated rings. The normalized spacial score (nSPS) is 25.5. The number of thiocarbonyl (C=S) groups is 1. The Balaban J connectivity index is 1.75. The van der Waals surface area contributed by atoms with Gasteiger partial charge in [-0.25, -0.2) is 12.8 Å². The zero-order chi connectivity index (χ0) is 17.2. The predicted molar refractivity (Wildman–Crippen MR) is 95.4 cm³/mol. The van der Waals surface area contributed by atoms with Crippen molar-refractivity contribution in [3.63, 3.8) is 0 Å². The Hall–Kier alpha value is -1.25. The van der Waals surface area contributed by atoms with E-state index in [1.807, 2.05) is 4.90 Å². The van der Waals surface area contributed by atoms with Gasteiger partial charge >= 0.3 is 0 Å². The summed E-state index contributed by atoms with van der Waals surface area (Å²) in [7, 11) is -3.03. The fourth-order valence-corrected chi connectivity index (χ4v) is 5.24. The van der Waals surface area contributed by atoms with Crippen LogP contribution in [0.25, 0.3) is 0 Å². The Morgan fingerprint density at radius 2 is 2.17 bits per heavy atom. The van der Waals surface area contributed by atoms with Crippen LogP contribution >= 0.6 is 12.2 Å². The van der Waals surface area contributed by atoms with Gasteiger partial charge in [0, 0.05) is 19.2 Å². The van der Waals surface area contributed by atoms with Crippen LogP contribution in [0.15, 0.2) is 24.3 Å². The average molecular weight is 372 g/mol. The minimum absolute atomic E-state index is 0.0358. The second-order valence-corrected chi connectivity index (χ2v) is 8.87. The van der Waals surface area contributed by atoms with Crippen LogP contribution in [-0.2, 0) is 14.6 Å². The molecular formula is C16H21FN2O3S2. The third-order valence-corrected chi connectivity index (χ3v) is 6.54. The number of hydrogen-bond donors (Lipinski definition) is 1. The molecule has 2 saturated heterocycles. The molecule has 0 amide bonds. The third-order valence-electron chi connectivity index (χ3n) is 4.45. The summed E-state index contributed by atoms with van der Waals surface area (Å²) >= 11 is 5.46. The highest BCUT2D eigenvalue weighted by Crippen LogP contribution is 2.23. The third kappa shape index (κ3) is 4.23. The standard InChI is InChI=1S/C16H21FN2O3S2/c17-14-5-1-2-6-15(14)18-16(23)19(10-13-4-3-8-22-13)12-7-9-24(20,21)11-12/h1-2,5-6,12-13H,3-4,7-11H2,(H,18,23)/t12-,13-/m1/s1. The van der Waals surface area contributed by atoms with E-state index in [1.54, 1.807) is 18.2 Å². The number of sulfone groups is 1. The van der Waals surface area contributed by atoms with Crippen LogP contribution in [0.2, 0.25) is 0 Å². The van der Waals surface area contributed by atoms with Crippen molar-refractivity contribution < 1.29 is 17.5 Å². The van der Waals surface area contributed by atoms with E-state index >= 15 is 0 Å². The lowest BCUT2D eigenvalue weighted by atomic mass is 10.2. The lowest BCUT2D eigenvalue weighted by Gasteiger charge is -2.33. The summed E-state index contributed by atoms with van der Waals surface area (Å²) in [6.07, 6.45) is 2.50. The van der Waals surface area contributed by atoms with Gasteiger partial charge in [0.1, 0.15) is 5.82 Å². The summed E-state index contributed by atoms with van der Waals surface area (Å²) in [5.41, 5.74) is 0.292. The van der Waals surface area contributed by atoms with Gasteiger partial charge in [0.25, 0.3) is 0 Å². The van der Waals surface area contributed by atoms with E-state index in [1.165, 1.54) is 6.07 Å². The predicted octanol–water partition coefficient (Wildman–Crippen LogP) is 2.19. The molecule has 24 heavy (non-hydrogen) atoms. The van der Waals surface area contributed by atoms with Gasteiger partial charge < -0.3 is 15.0 Å². The van der Waals surface area contributed by atoms with Crippen molar-refractivity contribution in [1.29, 1.82) is 0 Å². The highest BCUT2D eigenvalue weighted by molar-refractivity contribution is 7.91. The van der Waals surface area contributed by atoms with Crippen molar-refractivity contribution in [1.82, 2.24) is 4.90 Å². The van der Waals surface area contributed by atoms with Gasteiger partial charge in [-0.3, -0.25) is 0 Å². The lowest BCUT2D eigenvalue weighted by Crippen LogP contribution is -2.47. The van der Waals surface area contributed by atoms with Crippen LogP contribution in [0, 0.1) is 5.82 Å². The van der Waals surface area contributed by atoms with Gasteiger partial charge in [0.15, 0.2) is 14.9 Å². The zero-order valence-electron chi connectivity index (χ0n) is 13.3. The summed E-state index contributed by atoms with van der Waals surface area (Å²) < 4.78 is 43.2. The monoisotopic (exact) mass is 372 g/mol. The molecule has 0 saturated carbocycles. The maximum absolute atomic E-state index is 13.9. The highest BCUT2D eigenvalue weighted by atomic mass is 32.2. The first-order chi connectivity index (χ1) is 11.4. The molecule has 2 heterocycles. The molecule has 1 N–H and O–H groups in total. The highest BCUT2D eigenvalue weighted by Gasteiger charge is 2.35. The Morgan fingerprint density at radius 3 is 2.79 bits per heavy atom. The molecule has 0 aliphatic carbocycles. The lowest BCUT2D eigenvalue weighted by molar-refractivity contribution is 0.0851. The largest absolute Gasteiger partial charge is 0.376 e. The van der Waals surface area contributed by atoms with Crippen LogP contribution in [0.5, 0.6) is 0 Å². The van der Waals surface area contributed by atoms with Crippen molar-refractivity contribution in [2.75, 3.05) is 30.0 Å². The van der Waals surface area contributed by atoms with E-state index in [-0.39, 0.29) is 23.7 Å². The maximum Gasteiger partial charge on any atom is 0.173 e. The molecule has 0 unspecified atom stereocenters. The summed E-state index contributed by atoms with van der Waals surface area (Å²) in [5.74, 6) is -0.142. The van der Waals surface area contributed by atoms with Gasteiger partial charge in [0.2, 0.25) is 0 Å². The summed E-state index contributed by atoms with van der Waals surface area (Å²) in [6, 6.07) is 6.11. The quantitative estimate of drug-likeness (QED) is 0.818. The van der Waals surface area contributed by atoms with Crippen LogP contribution in [0.3, 0.4) is 0 Å². The van der Waals surface area contributed by atoms with E-state index in [4.69, 9.17) is 17.0 Å². The van der Waals surface area contributed by atoms with E-state index in [0.29, 0.717) is 23.8 Å². The second kappa shape index (κ2) is 7.33. The fourth-order valence-electron chi connectivity index (χ4n) is 3.18. The summed E-state index contributed by atoms with van der Waals surface area (Å²) in [6.45, 7) is 1.25. The minimum atomic E-state index is -3.03. The van der Waals surface area contributed by atoms with Crippen LogP contribution in [-0.4, -0.2) is 55.2 Å². The molecule has 1 aromatic carbocycles. The molecule has 132 valence electrons. The Morgan fingerprint density at radius 1 is 1.38 bits per heavy atom. The van der Waals surface area contributed by atoms with Crippen molar-refractivity contribution in [2.24, 2.45) is 0 Å². The van der Waals surface area contributed by atoms with E-state index in [2.05, 4.69) is 5.32 Å². The minimum Gasteiger partial charge on any atom is -0.376 e. The number of nitrogens with one attached hydrogen (secondary N) is 1. The molecule has 8 heteroatoms. The van der Waals surface area contributed by atoms with Crippen LogP contribution in [0.4, 0.5) is 10.1 Å². The van der Waals surface area contributed by atoms with E-state index in [9.17, 15) is 12.8 Å². The van der Waals surface area contributed by atoms with Crippen LogP contribution < -0.4 is 5.32 Å². The van der Waals surface area contributed by atoms with Crippen molar-refractivity contribution in [2.45, 2.75) is 31.4 Å². The van der Waals surface area contributed by atoms with E-state index < -0.39 is 15.7 Å². The molecule has 2 atom stereocenters. The fraction of sp³-hybridized carbons (Fsp3) is 0.562. The molecule has 0 bridgehead atoms. The smallest absolute Gasteiger partial charge is 0.173 e. The second-order valence-electron chi connectivity index (χ2n) is 6.25. The van der Waals surface area contributed by atoms with Crippen LogP contribution in [0.1, 0.15) is 19.3 Å². The topological polar surface area (TPSA) is 58.6 Å². The van der Waals surface area contributed by atoms with Crippen molar-refractivity contribution in [3.8, 4) is 0 Å². The summed E-state index contributed by atoms with van der Waals surface area (Å²) in [4.78, 5) is 1.86. The molecule has 0 spiro atoms. The number of hydrogen-bond acceptors (Lipinski definition) is 4. The molecule has 3 rings (SSSR count). The molecule has 0 radical (unpaired) electrons. The first kappa shape index (κ1) is 17.6. The maximum atomic E-state index is 13.9. The number of halogens is 1. The number of benzene rings is 1. The molecule has 1 aromatic rings.